The maximum absolute atomic E-state index is 15.2. The molecule has 39 heavy (non-hydrogen) atoms. The number of amides is 2. The lowest BCUT2D eigenvalue weighted by atomic mass is 9.94. The van der Waals surface area contributed by atoms with Gasteiger partial charge in [0.1, 0.15) is 17.5 Å². The van der Waals surface area contributed by atoms with Crippen LogP contribution >= 0.6 is 0 Å². The monoisotopic (exact) mass is 522 g/mol. The van der Waals surface area contributed by atoms with Gasteiger partial charge < -0.3 is 16.0 Å². The Balaban J connectivity index is 1.48. The molecule has 0 bridgehead atoms. The Labute approximate surface area is 223 Å². The van der Waals surface area contributed by atoms with Crippen LogP contribution in [0.25, 0.3) is 16.9 Å². The molecule has 2 amide bonds. The van der Waals surface area contributed by atoms with Crippen molar-refractivity contribution in [2.75, 3.05) is 24.1 Å². The molecular formula is C28H23FN8O2. The summed E-state index contributed by atoms with van der Waals surface area (Å²) in [7, 11) is 0. The highest BCUT2D eigenvalue weighted by molar-refractivity contribution is 6.04. The summed E-state index contributed by atoms with van der Waals surface area (Å²) in [5.74, 6) is 4.15. The van der Waals surface area contributed by atoms with Crippen LogP contribution in [-0.2, 0) is 4.79 Å². The van der Waals surface area contributed by atoms with Crippen LogP contribution in [0.4, 0.5) is 16.2 Å². The molecule has 1 aliphatic rings. The van der Waals surface area contributed by atoms with E-state index in [1.54, 1.807) is 34.6 Å². The van der Waals surface area contributed by atoms with E-state index in [4.69, 9.17) is 16.0 Å². The fourth-order valence-electron chi connectivity index (χ4n) is 4.74. The number of nitrogens with zero attached hydrogens (tertiary/aromatic N) is 6. The van der Waals surface area contributed by atoms with Gasteiger partial charge in [0, 0.05) is 37.0 Å². The number of halogens is 1. The van der Waals surface area contributed by atoms with Gasteiger partial charge >= 0.3 is 0 Å². The van der Waals surface area contributed by atoms with Gasteiger partial charge in [-0.2, -0.15) is 5.26 Å². The lowest BCUT2D eigenvalue weighted by Gasteiger charge is -2.30. The van der Waals surface area contributed by atoms with Crippen molar-refractivity contribution in [2.45, 2.75) is 25.7 Å². The molecule has 5 rings (SSSR count). The molecule has 1 aliphatic heterocycles. The van der Waals surface area contributed by atoms with Crippen molar-refractivity contribution in [3.8, 4) is 29.3 Å². The highest BCUT2D eigenvalue weighted by Gasteiger charge is 2.29. The molecular weight excluding hydrogens is 499 g/mol. The number of carbonyl (C=O) groups is 2. The SMILES string of the molecule is CC#CC(=O)N1CCCC(c2nc(-c3ccc(C(=O)Nc4cc(C#N)ccn4)c(F)c3)n3c(N)nccc23)C1. The standard InChI is InChI=1S/C28H23FN8O2/c1-2-4-24(38)36-12-3-5-19(16-36)25-22-9-11-33-28(31)37(22)26(35-25)18-6-7-20(21(29)14-18)27(39)34-23-13-17(15-30)8-10-32-23/h6-11,13-14,19H,3,5,12,16H2,1H3,(H2,31,33)(H,32,34,39). The maximum Gasteiger partial charge on any atom is 0.298 e. The molecule has 0 radical (unpaired) electrons. The van der Waals surface area contributed by atoms with E-state index in [0.717, 1.165) is 18.5 Å². The second-order valence-corrected chi connectivity index (χ2v) is 9.00. The molecule has 3 aromatic heterocycles. The van der Waals surface area contributed by atoms with Gasteiger partial charge in [-0.15, -0.1) is 0 Å². The summed E-state index contributed by atoms with van der Waals surface area (Å²) in [6.07, 6.45) is 4.57. The topological polar surface area (TPSA) is 142 Å². The number of anilines is 2. The minimum Gasteiger partial charge on any atom is -0.369 e. The fraction of sp³-hybridized carbons (Fsp3) is 0.214. The van der Waals surface area contributed by atoms with Crippen LogP contribution in [0.2, 0.25) is 0 Å². The largest absolute Gasteiger partial charge is 0.369 e. The van der Waals surface area contributed by atoms with Crippen molar-refractivity contribution >= 4 is 29.1 Å². The number of benzene rings is 1. The predicted octanol–water partition coefficient (Wildman–Crippen LogP) is 3.37. The molecule has 4 heterocycles. The van der Waals surface area contributed by atoms with Crippen LogP contribution in [0.15, 0.2) is 48.8 Å². The van der Waals surface area contributed by atoms with E-state index >= 15 is 4.39 Å². The molecule has 1 saturated heterocycles. The number of carbonyl (C=O) groups excluding carboxylic acids is 2. The first-order valence-corrected chi connectivity index (χ1v) is 12.2. The molecule has 194 valence electrons. The highest BCUT2D eigenvalue weighted by Crippen LogP contribution is 2.34. The molecule has 0 saturated carbocycles. The first kappa shape index (κ1) is 25.4. The third-order valence-electron chi connectivity index (χ3n) is 6.54. The van der Waals surface area contributed by atoms with Crippen LogP contribution < -0.4 is 11.1 Å². The number of imidazole rings is 1. The van der Waals surface area contributed by atoms with E-state index in [2.05, 4.69) is 27.1 Å². The normalized spacial score (nSPS) is 14.8. The lowest BCUT2D eigenvalue weighted by Crippen LogP contribution is -2.38. The van der Waals surface area contributed by atoms with Gasteiger partial charge in [-0.3, -0.25) is 14.0 Å². The highest BCUT2D eigenvalue weighted by atomic mass is 19.1. The van der Waals surface area contributed by atoms with Gasteiger partial charge in [0.05, 0.1) is 28.4 Å². The Morgan fingerprint density at radius 2 is 2.00 bits per heavy atom. The molecule has 3 N–H and O–H groups in total. The number of hydrogen-bond donors (Lipinski definition) is 2. The van der Waals surface area contributed by atoms with Crippen molar-refractivity contribution in [2.24, 2.45) is 0 Å². The van der Waals surface area contributed by atoms with Crippen LogP contribution in [0.5, 0.6) is 0 Å². The van der Waals surface area contributed by atoms with Crippen LogP contribution in [-0.4, -0.2) is 49.2 Å². The predicted molar refractivity (Wildman–Crippen MR) is 142 cm³/mol. The minimum atomic E-state index is -0.769. The zero-order valence-electron chi connectivity index (χ0n) is 21.0. The van der Waals surface area contributed by atoms with E-state index in [9.17, 15) is 9.59 Å². The quantitative estimate of drug-likeness (QED) is 0.391. The summed E-state index contributed by atoms with van der Waals surface area (Å²) in [5, 5.41) is 11.5. The van der Waals surface area contributed by atoms with E-state index in [1.165, 1.54) is 30.5 Å². The summed E-state index contributed by atoms with van der Waals surface area (Å²) in [6, 6.07) is 10.8. The van der Waals surface area contributed by atoms with Gasteiger partial charge in [-0.1, -0.05) is 12.0 Å². The number of hydrogen-bond acceptors (Lipinski definition) is 7. The van der Waals surface area contributed by atoms with Crippen molar-refractivity contribution in [1.29, 1.82) is 5.26 Å². The molecule has 10 nitrogen and oxygen atoms in total. The van der Waals surface area contributed by atoms with E-state index in [0.29, 0.717) is 35.6 Å². The zero-order valence-corrected chi connectivity index (χ0v) is 21.0. The third kappa shape index (κ3) is 4.98. The van der Waals surface area contributed by atoms with Gasteiger partial charge in [0.2, 0.25) is 5.95 Å². The average Bonchev–Trinajstić information content (AvgIpc) is 3.34. The lowest BCUT2D eigenvalue weighted by molar-refractivity contribution is -0.126. The van der Waals surface area contributed by atoms with Gasteiger partial charge in [0.15, 0.2) is 0 Å². The Morgan fingerprint density at radius 3 is 2.77 bits per heavy atom. The van der Waals surface area contributed by atoms with Crippen molar-refractivity contribution in [3.05, 3.63) is 71.4 Å². The van der Waals surface area contributed by atoms with Crippen molar-refractivity contribution in [1.82, 2.24) is 24.3 Å². The van der Waals surface area contributed by atoms with E-state index < -0.39 is 11.7 Å². The second-order valence-electron chi connectivity index (χ2n) is 9.00. The van der Waals surface area contributed by atoms with Gasteiger partial charge in [-0.25, -0.2) is 19.3 Å². The van der Waals surface area contributed by atoms with E-state index in [1.807, 2.05) is 6.07 Å². The van der Waals surface area contributed by atoms with Crippen molar-refractivity contribution in [3.63, 3.8) is 0 Å². The number of piperidine rings is 1. The van der Waals surface area contributed by atoms with Crippen LogP contribution in [0.1, 0.15) is 47.3 Å². The summed E-state index contributed by atoms with van der Waals surface area (Å²) >= 11 is 0. The minimum absolute atomic E-state index is 0.0709. The van der Waals surface area contributed by atoms with Crippen LogP contribution in [0, 0.1) is 29.0 Å². The third-order valence-corrected chi connectivity index (χ3v) is 6.54. The summed E-state index contributed by atoms with van der Waals surface area (Å²) in [5.41, 5.74) is 8.17. The molecule has 11 heteroatoms. The number of aromatic nitrogens is 4. The first-order chi connectivity index (χ1) is 18.9. The number of pyridine rings is 1. The average molecular weight is 523 g/mol. The molecule has 4 aromatic rings. The van der Waals surface area contributed by atoms with Gasteiger partial charge in [0.25, 0.3) is 11.8 Å². The first-order valence-electron chi connectivity index (χ1n) is 12.2. The number of nitrogen functional groups attached to an aromatic ring is 1. The molecule has 1 atom stereocenters. The Morgan fingerprint density at radius 1 is 1.18 bits per heavy atom. The number of nitrogens with one attached hydrogen (secondary N) is 1. The number of rotatable bonds is 4. The number of nitrogens with two attached hydrogens (primary N) is 1. The fourth-order valence-corrected chi connectivity index (χ4v) is 4.74. The number of likely N-dealkylation sites (tertiary alicyclic amines) is 1. The second kappa shape index (κ2) is 10.6. The molecule has 1 fully saturated rings. The van der Waals surface area contributed by atoms with Crippen molar-refractivity contribution < 1.29 is 14.0 Å². The maximum atomic E-state index is 15.2. The smallest absolute Gasteiger partial charge is 0.298 e. The zero-order chi connectivity index (χ0) is 27.5. The summed E-state index contributed by atoms with van der Waals surface area (Å²) in [4.78, 5) is 39.9. The molecule has 0 spiro atoms. The Bertz CT molecular complexity index is 1710. The summed E-state index contributed by atoms with van der Waals surface area (Å²) < 4.78 is 16.9. The summed E-state index contributed by atoms with van der Waals surface area (Å²) in [6.45, 7) is 2.70. The Hall–Kier alpha value is -5.29. The molecule has 1 aromatic carbocycles. The number of nitriles is 1. The van der Waals surface area contributed by atoms with E-state index in [-0.39, 0.29) is 29.2 Å². The van der Waals surface area contributed by atoms with Gasteiger partial charge in [-0.05, 0) is 56.0 Å². The Kier molecular flexibility index (Phi) is 6.89. The molecule has 0 aliphatic carbocycles. The molecule has 1 unspecified atom stereocenters. The number of fused-ring (bicyclic) bond motifs is 1. The van der Waals surface area contributed by atoms with Crippen LogP contribution in [0.3, 0.4) is 0 Å².